The Morgan fingerprint density at radius 2 is 2.07 bits per heavy atom. The SMILES string of the molecule is COC(=O)c1cc(C)nc2nc(SCC(=O)NCc3cccc(Cl)c3)[nH]c(=O)c12. The Balaban J connectivity index is 1.73. The fourth-order valence-electron chi connectivity index (χ4n) is 2.62. The predicted octanol–water partition coefficient (Wildman–Crippen LogP) is 2.48. The molecule has 0 saturated heterocycles. The number of amides is 1. The minimum Gasteiger partial charge on any atom is -0.465 e. The number of H-pyrrole nitrogens is 1. The normalized spacial score (nSPS) is 10.7. The van der Waals surface area contributed by atoms with E-state index in [4.69, 9.17) is 16.3 Å². The van der Waals surface area contributed by atoms with E-state index in [0.29, 0.717) is 17.3 Å². The summed E-state index contributed by atoms with van der Waals surface area (Å²) >= 11 is 6.98. The van der Waals surface area contributed by atoms with Crippen LogP contribution in [-0.2, 0) is 16.1 Å². The molecule has 0 spiro atoms. The van der Waals surface area contributed by atoms with Gasteiger partial charge in [-0.05, 0) is 30.7 Å². The summed E-state index contributed by atoms with van der Waals surface area (Å²) in [6.45, 7) is 2.02. The molecule has 10 heteroatoms. The number of methoxy groups -OCH3 is 1. The van der Waals surface area contributed by atoms with Gasteiger partial charge in [-0.25, -0.2) is 14.8 Å². The fraction of sp³-hybridized carbons (Fsp3) is 0.211. The first-order valence-electron chi connectivity index (χ1n) is 8.51. The van der Waals surface area contributed by atoms with Gasteiger partial charge in [0.05, 0.1) is 23.8 Å². The van der Waals surface area contributed by atoms with Crippen LogP contribution in [0, 0.1) is 6.92 Å². The molecule has 3 aromatic rings. The highest BCUT2D eigenvalue weighted by Gasteiger charge is 2.17. The summed E-state index contributed by atoms with van der Waals surface area (Å²) in [4.78, 5) is 47.6. The van der Waals surface area contributed by atoms with E-state index in [0.717, 1.165) is 17.3 Å². The van der Waals surface area contributed by atoms with Gasteiger partial charge in [0.25, 0.3) is 5.56 Å². The lowest BCUT2D eigenvalue weighted by molar-refractivity contribution is -0.118. The molecule has 0 atom stereocenters. The highest BCUT2D eigenvalue weighted by Crippen LogP contribution is 2.18. The van der Waals surface area contributed by atoms with Crippen LogP contribution in [0.1, 0.15) is 21.6 Å². The Hall–Kier alpha value is -2.91. The van der Waals surface area contributed by atoms with E-state index in [2.05, 4.69) is 20.3 Å². The highest BCUT2D eigenvalue weighted by molar-refractivity contribution is 7.99. The van der Waals surface area contributed by atoms with Crippen LogP contribution < -0.4 is 10.9 Å². The number of hydrogen-bond donors (Lipinski definition) is 2. The van der Waals surface area contributed by atoms with Gasteiger partial charge in [0, 0.05) is 17.3 Å². The van der Waals surface area contributed by atoms with Gasteiger partial charge < -0.3 is 15.0 Å². The average Bonchev–Trinajstić information content (AvgIpc) is 2.69. The molecule has 8 nitrogen and oxygen atoms in total. The van der Waals surface area contributed by atoms with Crippen molar-refractivity contribution in [1.82, 2.24) is 20.3 Å². The zero-order valence-corrected chi connectivity index (χ0v) is 17.2. The van der Waals surface area contributed by atoms with Crippen molar-refractivity contribution >= 4 is 46.3 Å². The summed E-state index contributed by atoms with van der Waals surface area (Å²) in [6.07, 6.45) is 0. The van der Waals surface area contributed by atoms with Crippen molar-refractivity contribution in [2.45, 2.75) is 18.6 Å². The van der Waals surface area contributed by atoms with Gasteiger partial charge in [0.15, 0.2) is 10.8 Å². The van der Waals surface area contributed by atoms with Crippen molar-refractivity contribution in [2.75, 3.05) is 12.9 Å². The number of carbonyl (C=O) groups is 2. The van der Waals surface area contributed by atoms with Gasteiger partial charge in [0.1, 0.15) is 0 Å². The van der Waals surface area contributed by atoms with Gasteiger partial charge in [-0.2, -0.15) is 0 Å². The number of aryl methyl sites for hydroxylation is 1. The van der Waals surface area contributed by atoms with E-state index >= 15 is 0 Å². The molecule has 0 radical (unpaired) electrons. The largest absolute Gasteiger partial charge is 0.465 e. The third-order valence-electron chi connectivity index (χ3n) is 3.91. The summed E-state index contributed by atoms with van der Waals surface area (Å²) < 4.78 is 4.72. The standard InChI is InChI=1S/C19H17ClN4O4S/c1-10-6-13(18(27)28-2)15-16(22-10)23-19(24-17(15)26)29-9-14(25)21-8-11-4-3-5-12(20)7-11/h3-7H,8-9H2,1-2H3,(H,21,25)(H,22,23,24,26). The second-order valence-electron chi connectivity index (χ2n) is 6.07. The van der Waals surface area contributed by atoms with E-state index in [-0.39, 0.29) is 33.4 Å². The zero-order valence-electron chi connectivity index (χ0n) is 15.6. The molecule has 0 unspecified atom stereocenters. The number of halogens is 1. The second-order valence-corrected chi connectivity index (χ2v) is 7.47. The highest BCUT2D eigenvalue weighted by atomic mass is 35.5. The Bertz CT molecular complexity index is 1150. The zero-order chi connectivity index (χ0) is 21.0. The van der Waals surface area contributed by atoms with Crippen molar-refractivity contribution in [3.05, 3.63) is 62.5 Å². The number of esters is 1. The lowest BCUT2D eigenvalue weighted by atomic mass is 10.1. The van der Waals surface area contributed by atoms with Crippen molar-refractivity contribution in [3.8, 4) is 0 Å². The van der Waals surface area contributed by atoms with E-state index < -0.39 is 11.5 Å². The maximum atomic E-state index is 12.5. The average molecular weight is 433 g/mol. The van der Waals surface area contributed by atoms with Gasteiger partial charge >= 0.3 is 5.97 Å². The molecule has 29 heavy (non-hydrogen) atoms. The van der Waals surface area contributed by atoms with Crippen LogP contribution in [0.5, 0.6) is 0 Å². The molecule has 0 fully saturated rings. The number of aromatic amines is 1. The first-order valence-corrected chi connectivity index (χ1v) is 9.87. The Kier molecular flexibility index (Phi) is 6.50. The number of pyridine rings is 1. The number of rotatable bonds is 6. The quantitative estimate of drug-likeness (QED) is 0.349. The second kappa shape index (κ2) is 9.06. The number of benzene rings is 1. The molecule has 2 heterocycles. The molecule has 2 N–H and O–H groups in total. The molecule has 0 aliphatic carbocycles. The number of nitrogens with one attached hydrogen (secondary N) is 2. The third-order valence-corrected chi connectivity index (χ3v) is 5.02. The van der Waals surface area contributed by atoms with Crippen LogP contribution in [0.25, 0.3) is 11.0 Å². The Labute approximate surface area is 175 Å². The van der Waals surface area contributed by atoms with Gasteiger partial charge in [0.2, 0.25) is 5.91 Å². The van der Waals surface area contributed by atoms with Gasteiger partial charge in [-0.15, -0.1) is 0 Å². The summed E-state index contributed by atoms with van der Waals surface area (Å²) in [5, 5.41) is 3.65. The van der Waals surface area contributed by atoms with Crippen LogP contribution in [0.15, 0.2) is 40.3 Å². The molecule has 1 aromatic carbocycles. The molecule has 0 saturated carbocycles. The number of ether oxygens (including phenoxy) is 1. The smallest absolute Gasteiger partial charge is 0.338 e. The maximum absolute atomic E-state index is 12.5. The van der Waals surface area contributed by atoms with Crippen molar-refractivity contribution in [1.29, 1.82) is 0 Å². The lowest BCUT2D eigenvalue weighted by Gasteiger charge is -2.07. The van der Waals surface area contributed by atoms with Crippen molar-refractivity contribution in [2.24, 2.45) is 0 Å². The van der Waals surface area contributed by atoms with Crippen LogP contribution in [0.4, 0.5) is 0 Å². The molecule has 2 aromatic heterocycles. The number of aromatic nitrogens is 3. The minimum atomic E-state index is -0.645. The summed E-state index contributed by atoms with van der Waals surface area (Å²) in [5.74, 6) is -0.830. The van der Waals surface area contributed by atoms with Crippen molar-refractivity contribution < 1.29 is 14.3 Å². The molecular formula is C19H17ClN4O4S. The molecule has 3 rings (SSSR count). The van der Waals surface area contributed by atoms with Crippen LogP contribution in [0.3, 0.4) is 0 Å². The van der Waals surface area contributed by atoms with Crippen LogP contribution >= 0.6 is 23.4 Å². The molecule has 0 bridgehead atoms. The third kappa shape index (κ3) is 5.12. The topological polar surface area (TPSA) is 114 Å². The van der Waals surface area contributed by atoms with Gasteiger partial charge in [-0.3, -0.25) is 9.59 Å². The number of fused-ring (bicyclic) bond motifs is 1. The number of thioether (sulfide) groups is 1. The maximum Gasteiger partial charge on any atom is 0.338 e. The van der Waals surface area contributed by atoms with Crippen molar-refractivity contribution in [3.63, 3.8) is 0 Å². The van der Waals surface area contributed by atoms with Crippen LogP contribution in [0.2, 0.25) is 5.02 Å². The molecule has 0 aliphatic heterocycles. The monoisotopic (exact) mass is 432 g/mol. The Morgan fingerprint density at radius 1 is 1.28 bits per heavy atom. The number of nitrogens with zero attached hydrogens (tertiary/aromatic N) is 2. The molecule has 0 aliphatic rings. The lowest BCUT2D eigenvalue weighted by Crippen LogP contribution is -2.25. The van der Waals surface area contributed by atoms with E-state index in [9.17, 15) is 14.4 Å². The molecule has 1 amide bonds. The number of hydrogen-bond acceptors (Lipinski definition) is 7. The summed E-state index contributed by atoms with van der Waals surface area (Å²) in [7, 11) is 1.23. The predicted molar refractivity (Wildman–Crippen MR) is 110 cm³/mol. The first-order chi connectivity index (χ1) is 13.9. The summed E-state index contributed by atoms with van der Waals surface area (Å²) in [5.41, 5.74) is 1.09. The minimum absolute atomic E-state index is 0.0463. The first kappa shape index (κ1) is 20.8. The van der Waals surface area contributed by atoms with E-state index in [1.807, 2.05) is 6.07 Å². The summed E-state index contributed by atoms with van der Waals surface area (Å²) in [6, 6.07) is 8.66. The fourth-order valence-corrected chi connectivity index (χ4v) is 3.52. The molecular weight excluding hydrogens is 416 g/mol. The number of carbonyl (C=O) groups excluding carboxylic acids is 2. The van der Waals surface area contributed by atoms with E-state index in [1.54, 1.807) is 25.1 Å². The molecule has 150 valence electrons. The van der Waals surface area contributed by atoms with Gasteiger partial charge in [-0.1, -0.05) is 35.5 Å². The van der Waals surface area contributed by atoms with Crippen LogP contribution in [-0.4, -0.2) is 39.7 Å². The Morgan fingerprint density at radius 3 is 2.79 bits per heavy atom. The van der Waals surface area contributed by atoms with E-state index in [1.165, 1.54) is 13.2 Å².